The van der Waals surface area contributed by atoms with Gasteiger partial charge in [-0.15, -0.1) is 0 Å². The van der Waals surface area contributed by atoms with Gasteiger partial charge in [0.05, 0.1) is 6.61 Å². The number of ether oxygens (including phenoxy) is 2. The van der Waals surface area contributed by atoms with E-state index in [-0.39, 0.29) is 24.0 Å². The minimum Gasteiger partial charge on any atom is -0.466 e. The fourth-order valence-electron chi connectivity index (χ4n) is 7.60. The molecule has 0 radical (unpaired) electrons. The van der Waals surface area contributed by atoms with E-state index in [1.807, 2.05) is 0 Å². The number of nitrogens with one attached hydrogen (secondary N) is 1. The number of carbonyl (C=O) groups is 2. The summed E-state index contributed by atoms with van der Waals surface area (Å²) in [6.45, 7) is 10.9. The van der Waals surface area contributed by atoms with Crippen LogP contribution in [0.1, 0.15) is 239 Å². The predicted octanol–water partition coefficient (Wildman–Crippen LogP) is 12.8. The Hall–Kier alpha value is -2.43. The molecule has 0 saturated heterocycles. The van der Waals surface area contributed by atoms with Crippen molar-refractivity contribution in [2.45, 2.75) is 245 Å². The zero-order valence-corrected chi connectivity index (χ0v) is 39.4. The van der Waals surface area contributed by atoms with Crippen LogP contribution < -0.4 is 5.32 Å². The number of unbranched alkanes of at least 4 members (excludes halogenated alkanes) is 24. The van der Waals surface area contributed by atoms with E-state index >= 15 is 0 Å². The second-order valence-corrected chi connectivity index (χ2v) is 17.3. The van der Waals surface area contributed by atoms with Gasteiger partial charge in [-0.2, -0.15) is 0 Å². The van der Waals surface area contributed by atoms with Gasteiger partial charge in [0.15, 0.2) is 5.03 Å². The van der Waals surface area contributed by atoms with Crippen molar-refractivity contribution in [3.8, 4) is 0 Å². The maximum absolute atomic E-state index is 12.8. The van der Waals surface area contributed by atoms with Crippen LogP contribution in [0.5, 0.6) is 0 Å². The van der Waals surface area contributed by atoms with Crippen LogP contribution in [0.15, 0.2) is 5.10 Å². The lowest BCUT2D eigenvalue weighted by atomic mass is 10.0. The molecule has 0 unspecified atom stereocenters. The maximum Gasteiger partial charge on any atom is 0.306 e. The van der Waals surface area contributed by atoms with Crippen molar-refractivity contribution in [2.75, 3.05) is 46.9 Å². The first-order chi connectivity index (χ1) is 28.7. The van der Waals surface area contributed by atoms with Gasteiger partial charge < -0.3 is 24.6 Å². The van der Waals surface area contributed by atoms with E-state index in [4.69, 9.17) is 9.47 Å². The minimum atomic E-state index is -0.664. The molecule has 0 aromatic carbocycles. The van der Waals surface area contributed by atoms with Crippen molar-refractivity contribution in [3.05, 3.63) is 10.1 Å². The molecule has 11 heteroatoms. The molecule has 0 aliphatic rings. The topological polar surface area (TPSA) is 127 Å². The largest absolute Gasteiger partial charge is 0.466 e. The number of esters is 2. The molecule has 0 fully saturated rings. The van der Waals surface area contributed by atoms with Gasteiger partial charge >= 0.3 is 11.9 Å². The number of hydrogen-bond donors (Lipinski definition) is 1. The number of hydrazone groups is 1. The van der Waals surface area contributed by atoms with Gasteiger partial charge in [-0.25, -0.2) is 10.1 Å². The van der Waals surface area contributed by atoms with Crippen molar-refractivity contribution in [3.63, 3.8) is 0 Å². The van der Waals surface area contributed by atoms with E-state index in [0.717, 1.165) is 129 Å². The summed E-state index contributed by atoms with van der Waals surface area (Å²) >= 11 is 0. The first-order valence-corrected chi connectivity index (χ1v) is 24.9. The highest BCUT2D eigenvalue weighted by molar-refractivity contribution is 5.78. The molecule has 0 aromatic heterocycles. The first-order valence-electron chi connectivity index (χ1n) is 24.9. The third-order valence-corrected chi connectivity index (χ3v) is 11.3. The van der Waals surface area contributed by atoms with Crippen LogP contribution in [-0.4, -0.2) is 85.7 Å². The lowest BCUT2D eigenvalue weighted by Crippen LogP contribution is -2.38. The van der Waals surface area contributed by atoms with Crippen LogP contribution in [0.2, 0.25) is 0 Å². The van der Waals surface area contributed by atoms with Crippen molar-refractivity contribution in [1.29, 1.82) is 0 Å². The van der Waals surface area contributed by atoms with Crippen molar-refractivity contribution in [2.24, 2.45) is 5.10 Å². The van der Waals surface area contributed by atoms with E-state index in [0.29, 0.717) is 26.0 Å². The minimum absolute atomic E-state index is 0.00818. The van der Waals surface area contributed by atoms with Crippen LogP contribution in [0, 0.1) is 10.1 Å². The second-order valence-electron chi connectivity index (χ2n) is 17.3. The summed E-state index contributed by atoms with van der Waals surface area (Å²) in [5.41, 5.74) is 0. The standard InChI is InChI=1S/C48H95N5O6/c1-6-9-12-15-18-27-34-44-58-46(54)38-30-23-19-25-32-41-52(43-35-40-49-48(51(4)5)50-53(56)57)42-33-26-20-24-31-39-47(55)59-45(36-28-21-16-13-10-7-2)37-29-22-17-14-11-8-3/h45H,6-44H2,1-5H3,(H,49,50). The summed E-state index contributed by atoms with van der Waals surface area (Å²) in [6, 6.07) is 0. The summed E-state index contributed by atoms with van der Waals surface area (Å²) < 4.78 is 11.5. The molecule has 0 aliphatic carbocycles. The zero-order valence-electron chi connectivity index (χ0n) is 39.4. The summed E-state index contributed by atoms with van der Waals surface area (Å²) in [5.74, 6) is 0.201. The third kappa shape index (κ3) is 40.7. The van der Waals surface area contributed by atoms with E-state index in [9.17, 15) is 19.7 Å². The summed E-state index contributed by atoms with van der Waals surface area (Å²) in [4.78, 5) is 40.0. The number of rotatable bonds is 44. The zero-order chi connectivity index (χ0) is 43.4. The molecule has 0 heterocycles. The van der Waals surface area contributed by atoms with Crippen molar-refractivity contribution < 1.29 is 24.1 Å². The quantitative estimate of drug-likeness (QED) is 0.0159. The summed E-state index contributed by atoms with van der Waals surface area (Å²) in [7, 11) is 3.49. The van der Waals surface area contributed by atoms with Gasteiger partial charge in [-0.05, 0) is 83.8 Å². The van der Waals surface area contributed by atoms with Crippen LogP contribution >= 0.6 is 0 Å². The molecule has 0 bridgehead atoms. The Balaban J connectivity index is 4.55. The molecule has 0 atom stereocenters. The highest BCUT2D eigenvalue weighted by atomic mass is 16.7. The molecule has 11 nitrogen and oxygen atoms in total. The van der Waals surface area contributed by atoms with E-state index < -0.39 is 5.03 Å². The monoisotopic (exact) mass is 838 g/mol. The SMILES string of the molecule is CCCCCCCCCOC(=O)CCCCCCCN(CCCCCCCC(=O)OC(CCCCCCCC)CCCCCCCC)CCCN/C(=N/[N+](=O)[O-])N(C)C. The van der Waals surface area contributed by atoms with Gasteiger partial charge in [0.1, 0.15) is 11.2 Å². The Bertz CT molecular complexity index is 981. The van der Waals surface area contributed by atoms with E-state index in [2.05, 4.69) is 36.1 Å². The number of hydrogen-bond acceptors (Lipinski definition) is 7. The van der Waals surface area contributed by atoms with E-state index in [1.54, 1.807) is 19.0 Å². The Morgan fingerprint density at radius 2 is 0.966 bits per heavy atom. The third-order valence-electron chi connectivity index (χ3n) is 11.3. The molecule has 0 aliphatic heterocycles. The lowest BCUT2D eigenvalue weighted by molar-refractivity contribution is -0.485. The number of nitro groups is 1. The van der Waals surface area contributed by atoms with Gasteiger partial charge in [0.25, 0.3) is 5.96 Å². The molecule has 0 spiro atoms. The molecule has 0 amide bonds. The van der Waals surface area contributed by atoms with Crippen LogP contribution in [-0.2, 0) is 19.1 Å². The highest BCUT2D eigenvalue weighted by Gasteiger charge is 2.15. The van der Waals surface area contributed by atoms with Crippen LogP contribution in [0.25, 0.3) is 0 Å². The van der Waals surface area contributed by atoms with Gasteiger partial charge in [-0.3, -0.25) is 9.59 Å². The molecular weight excluding hydrogens is 743 g/mol. The molecule has 348 valence electrons. The van der Waals surface area contributed by atoms with Crippen LogP contribution in [0.3, 0.4) is 0 Å². The fourth-order valence-corrected chi connectivity index (χ4v) is 7.60. The number of carbonyl (C=O) groups excluding carboxylic acids is 2. The van der Waals surface area contributed by atoms with Crippen molar-refractivity contribution >= 4 is 17.9 Å². The van der Waals surface area contributed by atoms with Gasteiger partial charge in [0.2, 0.25) is 0 Å². The normalized spacial score (nSPS) is 11.7. The fraction of sp³-hybridized carbons (Fsp3) is 0.938. The number of nitrogens with zero attached hydrogens (tertiary/aromatic N) is 4. The van der Waals surface area contributed by atoms with Gasteiger partial charge in [-0.1, -0.05) is 162 Å². The molecular formula is C48H95N5O6. The Morgan fingerprint density at radius 1 is 0.559 bits per heavy atom. The van der Waals surface area contributed by atoms with Gasteiger partial charge in [0, 0.05) is 33.5 Å². The Kier molecular flexibility index (Phi) is 41.9. The van der Waals surface area contributed by atoms with Crippen LogP contribution in [0.4, 0.5) is 0 Å². The average Bonchev–Trinajstić information content (AvgIpc) is 3.21. The summed E-state index contributed by atoms with van der Waals surface area (Å²) in [6.07, 6.45) is 38.4. The lowest BCUT2D eigenvalue weighted by Gasteiger charge is -2.23. The first kappa shape index (κ1) is 56.6. The maximum atomic E-state index is 12.8. The molecule has 0 rings (SSSR count). The second kappa shape index (κ2) is 43.7. The molecule has 1 N–H and O–H groups in total. The van der Waals surface area contributed by atoms with Crippen molar-refractivity contribution in [1.82, 2.24) is 15.1 Å². The smallest absolute Gasteiger partial charge is 0.306 e. The highest BCUT2D eigenvalue weighted by Crippen LogP contribution is 2.19. The summed E-state index contributed by atoms with van der Waals surface area (Å²) in [5, 5.41) is 16.8. The Morgan fingerprint density at radius 3 is 1.44 bits per heavy atom. The average molecular weight is 838 g/mol. The number of guanidine groups is 1. The Labute approximate surface area is 363 Å². The molecule has 59 heavy (non-hydrogen) atoms. The predicted molar refractivity (Wildman–Crippen MR) is 247 cm³/mol. The van der Waals surface area contributed by atoms with E-state index in [1.165, 1.54) is 96.3 Å². The molecule has 0 aromatic rings. The molecule has 0 saturated carbocycles.